The first-order chi connectivity index (χ1) is 14.1. The van der Waals surface area contributed by atoms with Gasteiger partial charge in [0.1, 0.15) is 0 Å². The molecule has 0 radical (unpaired) electrons. The van der Waals surface area contributed by atoms with Crippen LogP contribution in [-0.4, -0.2) is 19.7 Å². The number of thioether (sulfide) groups is 1. The minimum absolute atomic E-state index is 0.0803. The van der Waals surface area contributed by atoms with E-state index in [0.29, 0.717) is 28.6 Å². The van der Waals surface area contributed by atoms with E-state index in [1.165, 1.54) is 23.9 Å². The van der Waals surface area contributed by atoms with Gasteiger partial charge >= 0.3 is 0 Å². The van der Waals surface area contributed by atoms with Gasteiger partial charge in [0.2, 0.25) is 5.82 Å². The minimum atomic E-state index is -0.402. The highest BCUT2D eigenvalue weighted by atomic mass is 79.9. The highest BCUT2D eigenvalue weighted by Gasteiger charge is 2.18. The fourth-order valence-corrected chi connectivity index (χ4v) is 3.98. The Labute approximate surface area is 179 Å². The first kappa shape index (κ1) is 19.4. The van der Waals surface area contributed by atoms with Gasteiger partial charge in [0.25, 0.3) is 5.69 Å². The third-order valence-electron chi connectivity index (χ3n) is 4.21. The van der Waals surface area contributed by atoms with Crippen LogP contribution in [-0.2, 0) is 12.3 Å². The number of rotatable bonds is 7. The molecule has 7 nitrogen and oxygen atoms in total. The fourth-order valence-electron chi connectivity index (χ4n) is 2.78. The van der Waals surface area contributed by atoms with Gasteiger partial charge in [0, 0.05) is 17.9 Å². The molecule has 0 unspecified atom stereocenters. The van der Waals surface area contributed by atoms with Crippen LogP contribution in [0.3, 0.4) is 0 Å². The van der Waals surface area contributed by atoms with Gasteiger partial charge in [-0.3, -0.25) is 14.7 Å². The lowest BCUT2D eigenvalue weighted by Gasteiger charge is -2.09. The molecule has 2 aromatic heterocycles. The predicted octanol–water partition coefficient (Wildman–Crippen LogP) is 5.55. The van der Waals surface area contributed by atoms with Crippen molar-refractivity contribution in [2.75, 3.05) is 0 Å². The Morgan fingerprint density at radius 3 is 2.41 bits per heavy atom. The molecule has 0 bridgehead atoms. The Balaban J connectivity index is 1.60. The number of furan rings is 1. The zero-order valence-corrected chi connectivity index (χ0v) is 17.5. The first-order valence-electron chi connectivity index (χ1n) is 8.69. The molecule has 0 aliphatic heterocycles. The Kier molecular flexibility index (Phi) is 5.77. The maximum absolute atomic E-state index is 10.8. The minimum Gasteiger partial charge on any atom is -0.446 e. The van der Waals surface area contributed by atoms with Crippen molar-refractivity contribution >= 4 is 33.4 Å². The molecule has 0 atom stereocenters. The van der Waals surface area contributed by atoms with E-state index in [1.54, 1.807) is 12.1 Å². The molecule has 0 aliphatic rings. The number of hydrogen-bond acceptors (Lipinski definition) is 6. The SMILES string of the molecule is O=[N+]([O-])c1ccc(CSc2nnc(-c3ccc(Br)o3)n2Cc2ccccc2)cc1. The Morgan fingerprint density at radius 2 is 1.76 bits per heavy atom. The number of nitro benzene ring substituents is 1. The molecule has 146 valence electrons. The molecule has 4 rings (SSSR count). The lowest BCUT2D eigenvalue weighted by atomic mass is 10.2. The summed E-state index contributed by atoms with van der Waals surface area (Å²) in [6.07, 6.45) is 0. The number of benzene rings is 2. The van der Waals surface area contributed by atoms with Crippen LogP contribution in [0, 0.1) is 10.1 Å². The van der Waals surface area contributed by atoms with Crippen LogP contribution in [0.2, 0.25) is 0 Å². The number of non-ortho nitro benzene ring substituents is 1. The first-order valence-corrected chi connectivity index (χ1v) is 10.5. The Morgan fingerprint density at radius 1 is 1.00 bits per heavy atom. The van der Waals surface area contributed by atoms with Gasteiger partial charge in [-0.05, 0) is 39.2 Å². The molecule has 0 saturated carbocycles. The summed E-state index contributed by atoms with van der Waals surface area (Å²) in [4.78, 5) is 10.4. The van der Waals surface area contributed by atoms with Crippen LogP contribution < -0.4 is 0 Å². The van der Waals surface area contributed by atoms with Crippen LogP contribution in [0.1, 0.15) is 11.1 Å². The summed E-state index contributed by atoms with van der Waals surface area (Å²) >= 11 is 4.85. The summed E-state index contributed by atoms with van der Waals surface area (Å²) in [5.74, 6) is 1.89. The second-order valence-corrected chi connectivity index (χ2v) is 7.92. The number of aromatic nitrogens is 3. The van der Waals surface area contributed by atoms with E-state index >= 15 is 0 Å². The van der Waals surface area contributed by atoms with Gasteiger partial charge in [0.15, 0.2) is 15.6 Å². The maximum atomic E-state index is 10.8. The van der Waals surface area contributed by atoms with E-state index in [2.05, 4.69) is 26.1 Å². The fraction of sp³-hybridized carbons (Fsp3) is 0.100. The average molecular weight is 471 g/mol. The monoisotopic (exact) mass is 470 g/mol. The smallest absolute Gasteiger partial charge is 0.269 e. The lowest BCUT2D eigenvalue weighted by molar-refractivity contribution is -0.384. The van der Waals surface area contributed by atoms with E-state index in [0.717, 1.165) is 16.3 Å². The highest BCUT2D eigenvalue weighted by molar-refractivity contribution is 9.10. The van der Waals surface area contributed by atoms with Crippen LogP contribution >= 0.6 is 27.7 Å². The van der Waals surface area contributed by atoms with Gasteiger partial charge in [-0.15, -0.1) is 10.2 Å². The van der Waals surface area contributed by atoms with Crippen molar-refractivity contribution in [3.63, 3.8) is 0 Å². The van der Waals surface area contributed by atoms with E-state index in [1.807, 2.05) is 47.0 Å². The van der Waals surface area contributed by atoms with Crippen molar-refractivity contribution in [1.29, 1.82) is 0 Å². The van der Waals surface area contributed by atoms with Crippen LogP contribution in [0.25, 0.3) is 11.6 Å². The van der Waals surface area contributed by atoms with E-state index in [4.69, 9.17) is 4.42 Å². The van der Waals surface area contributed by atoms with Crippen molar-refractivity contribution in [3.05, 3.63) is 92.6 Å². The molecule has 0 amide bonds. The molecular weight excluding hydrogens is 456 g/mol. The summed E-state index contributed by atoms with van der Waals surface area (Å²) in [7, 11) is 0. The van der Waals surface area contributed by atoms with Crippen molar-refractivity contribution in [3.8, 4) is 11.6 Å². The number of nitro groups is 1. The largest absolute Gasteiger partial charge is 0.446 e. The topological polar surface area (TPSA) is 87.0 Å². The van der Waals surface area contributed by atoms with Gasteiger partial charge in [0.05, 0.1) is 11.5 Å². The van der Waals surface area contributed by atoms with Gasteiger partial charge < -0.3 is 4.42 Å². The molecule has 9 heteroatoms. The summed E-state index contributed by atoms with van der Waals surface area (Å²) in [5, 5.41) is 20.2. The lowest BCUT2D eigenvalue weighted by Crippen LogP contribution is -2.04. The molecule has 0 spiro atoms. The molecule has 0 N–H and O–H groups in total. The molecular formula is C20H15BrN4O3S. The standard InChI is InChI=1S/C20H15BrN4O3S/c21-18-11-10-17(28-18)19-22-23-20(24(19)12-14-4-2-1-3-5-14)29-13-15-6-8-16(9-7-15)25(26)27/h1-11H,12-13H2. The normalized spacial score (nSPS) is 10.9. The summed E-state index contributed by atoms with van der Waals surface area (Å²) in [6, 6.07) is 20.3. The van der Waals surface area contributed by atoms with Crippen LogP contribution in [0.5, 0.6) is 0 Å². The molecule has 29 heavy (non-hydrogen) atoms. The summed E-state index contributed by atoms with van der Waals surface area (Å²) in [5.41, 5.74) is 2.17. The zero-order chi connectivity index (χ0) is 20.2. The molecule has 2 heterocycles. The summed E-state index contributed by atoms with van der Waals surface area (Å²) < 4.78 is 8.32. The van der Waals surface area contributed by atoms with Gasteiger partial charge in [-0.2, -0.15) is 0 Å². The summed E-state index contributed by atoms with van der Waals surface area (Å²) in [6.45, 7) is 0.601. The van der Waals surface area contributed by atoms with E-state index in [9.17, 15) is 10.1 Å². The molecule has 2 aromatic carbocycles. The van der Waals surface area contributed by atoms with Crippen molar-refractivity contribution in [1.82, 2.24) is 14.8 Å². The Bertz CT molecular complexity index is 1130. The van der Waals surface area contributed by atoms with E-state index in [-0.39, 0.29) is 5.69 Å². The van der Waals surface area contributed by atoms with E-state index < -0.39 is 4.92 Å². The van der Waals surface area contributed by atoms with Crippen molar-refractivity contribution in [2.24, 2.45) is 0 Å². The van der Waals surface area contributed by atoms with Crippen LogP contribution in [0.15, 0.2) is 81.0 Å². The molecule has 4 aromatic rings. The number of hydrogen-bond donors (Lipinski definition) is 0. The van der Waals surface area contributed by atoms with Crippen molar-refractivity contribution < 1.29 is 9.34 Å². The second kappa shape index (κ2) is 8.62. The second-order valence-electron chi connectivity index (χ2n) is 6.19. The number of nitrogens with zero attached hydrogens (tertiary/aromatic N) is 4. The van der Waals surface area contributed by atoms with Gasteiger partial charge in [-0.25, -0.2) is 0 Å². The molecule has 0 aliphatic carbocycles. The Hall–Kier alpha value is -2.91. The predicted molar refractivity (Wildman–Crippen MR) is 114 cm³/mol. The quantitative estimate of drug-likeness (QED) is 0.200. The van der Waals surface area contributed by atoms with Crippen LogP contribution in [0.4, 0.5) is 5.69 Å². The molecule has 0 fully saturated rings. The number of halogens is 1. The molecule has 0 saturated heterocycles. The third-order valence-corrected chi connectivity index (χ3v) is 5.67. The highest BCUT2D eigenvalue weighted by Crippen LogP contribution is 2.30. The van der Waals surface area contributed by atoms with Crippen molar-refractivity contribution in [2.45, 2.75) is 17.5 Å². The van der Waals surface area contributed by atoms with Gasteiger partial charge in [-0.1, -0.05) is 54.2 Å². The maximum Gasteiger partial charge on any atom is 0.269 e. The third kappa shape index (κ3) is 4.57. The average Bonchev–Trinajstić information content (AvgIpc) is 3.33. The zero-order valence-electron chi connectivity index (χ0n) is 15.1.